The van der Waals surface area contributed by atoms with Crippen LogP contribution in [-0.2, 0) is 16.0 Å². The molecule has 0 fully saturated rings. The minimum atomic E-state index is -0.817. The van der Waals surface area contributed by atoms with Crippen LogP contribution in [0.25, 0.3) is 0 Å². The van der Waals surface area contributed by atoms with Crippen LogP contribution < -0.4 is 20.5 Å². The van der Waals surface area contributed by atoms with E-state index < -0.39 is 11.9 Å². The summed E-state index contributed by atoms with van der Waals surface area (Å²) in [7, 11) is 3.07. The second kappa shape index (κ2) is 7.64. The maximum Gasteiger partial charge on any atom is 0.245 e. The predicted molar refractivity (Wildman–Crippen MR) is 87.6 cm³/mol. The largest absolute Gasteiger partial charge is 0.493 e. The Morgan fingerprint density at radius 2 is 1.96 bits per heavy atom. The number of thiophene rings is 1. The second-order valence-corrected chi connectivity index (χ2v) is 5.76. The lowest BCUT2D eigenvalue weighted by atomic mass is 10.1. The Morgan fingerprint density at radius 1 is 1.22 bits per heavy atom. The molecule has 1 unspecified atom stereocenters. The van der Waals surface area contributed by atoms with Gasteiger partial charge in [0.2, 0.25) is 11.8 Å². The number of nitrogens with two attached hydrogens (primary N) is 1. The molecule has 0 aliphatic heterocycles. The van der Waals surface area contributed by atoms with E-state index in [9.17, 15) is 9.59 Å². The molecule has 2 rings (SSSR count). The third-order valence-electron chi connectivity index (χ3n) is 3.23. The summed E-state index contributed by atoms with van der Waals surface area (Å²) in [5.41, 5.74) is 6.11. The van der Waals surface area contributed by atoms with Crippen LogP contribution in [0.5, 0.6) is 11.5 Å². The van der Waals surface area contributed by atoms with E-state index >= 15 is 0 Å². The Hall–Kier alpha value is -2.54. The van der Waals surface area contributed by atoms with E-state index in [2.05, 4.69) is 5.32 Å². The molecule has 0 aliphatic carbocycles. The smallest absolute Gasteiger partial charge is 0.245 e. The number of rotatable bonds is 7. The number of hydrogen-bond acceptors (Lipinski definition) is 5. The molecule has 23 heavy (non-hydrogen) atoms. The van der Waals surface area contributed by atoms with Crippen molar-refractivity contribution in [1.29, 1.82) is 0 Å². The van der Waals surface area contributed by atoms with Gasteiger partial charge < -0.3 is 20.5 Å². The van der Waals surface area contributed by atoms with Gasteiger partial charge in [-0.25, -0.2) is 0 Å². The fraction of sp³-hybridized carbons (Fsp3) is 0.250. The average Bonchev–Trinajstić information content (AvgIpc) is 3.06. The van der Waals surface area contributed by atoms with Crippen molar-refractivity contribution in [2.24, 2.45) is 5.73 Å². The molecule has 2 aromatic rings. The number of amides is 2. The highest BCUT2D eigenvalue weighted by Gasteiger charge is 2.21. The van der Waals surface area contributed by atoms with Gasteiger partial charge in [0.05, 0.1) is 20.6 Å². The zero-order valence-corrected chi connectivity index (χ0v) is 13.7. The highest BCUT2D eigenvalue weighted by atomic mass is 32.1. The highest BCUT2D eigenvalue weighted by Crippen LogP contribution is 2.27. The van der Waals surface area contributed by atoms with Crippen LogP contribution in [0, 0.1) is 0 Å². The van der Waals surface area contributed by atoms with Crippen molar-refractivity contribution in [1.82, 2.24) is 5.32 Å². The van der Waals surface area contributed by atoms with E-state index in [1.807, 2.05) is 5.38 Å². The Kier molecular flexibility index (Phi) is 5.59. The summed E-state index contributed by atoms with van der Waals surface area (Å²) in [4.78, 5) is 24.4. The van der Waals surface area contributed by atoms with Gasteiger partial charge in [-0.15, -0.1) is 11.3 Å². The summed E-state index contributed by atoms with van der Waals surface area (Å²) in [5.74, 6) is 0.246. The Morgan fingerprint density at radius 3 is 2.52 bits per heavy atom. The molecule has 0 saturated carbocycles. The molecule has 0 radical (unpaired) electrons. The summed E-state index contributed by atoms with van der Waals surface area (Å²) in [6.07, 6.45) is 0.107. The minimum absolute atomic E-state index is 0.107. The molecular weight excluding hydrogens is 316 g/mol. The maximum absolute atomic E-state index is 12.2. The molecule has 1 heterocycles. The van der Waals surface area contributed by atoms with E-state index in [1.165, 1.54) is 18.4 Å². The number of benzene rings is 1. The van der Waals surface area contributed by atoms with Crippen LogP contribution in [-0.4, -0.2) is 26.0 Å². The van der Waals surface area contributed by atoms with E-state index in [0.29, 0.717) is 16.4 Å². The first-order valence-electron chi connectivity index (χ1n) is 6.88. The molecule has 0 spiro atoms. The van der Waals surface area contributed by atoms with Gasteiger partial charge in [-0.2, -0.15) is 0 Å². The second-order valence-electron chi connectivity index (χ2n) is 4.78. The van der Waals surface area contributed by atoms with Crippen molar-refractivity contribution in [3.63, 3.8) is 0 Å². The van der Waals surface area contributed by atoms with Gasteiger partial charge in [-0.1, -0.05) is 12.1 Å². The summed E-state index contributed by atoms with van der Waals surface area (Å²) in [6.45, 7) is 0. The first-order valence-corrected chi connectivity index (χ1v) is 7.76. The molecule has 1 aromatic carbocycles. The summed E-state index contributed by atoms with van der Waals surface area (Å²) in [6, 6.07) is 7.97. The fourth-order valence-corrected chi connectivity index (χ4v) is 2.91. The first kappa shape index (κ1) is 16.8. The van der Waals surface area contributed by atoms with Crippen molar-refractivity contribution < 1.29 is 19.1 Å². The number of methoxy groups -OCH3 is 2. The Balaban J connectivity index is 2.08. The topological polar surface area (TPSA) is 90.6 Å². The van der Waals surface area contributed by atoms with E-state index in [1.54, 1.807) is 37.4 Å². The lowest BCUT2D eigenvalue weighted by Gasteiger charge is -2.14. The molecule has 3 N–H and O–H groups in total. The minimum Gasteiger partial charge on any atom is -0.493 e. The van der Waals surface area contributed by atoms with Crippen molar-refractivity contribution in [2.45, 2.75) is 12.5 Å². The van der Waals surface area contributed by atoms with Crippen molar-refractivity contribution in [2.75, 3.05) is 14.2 Å². The maximum atomic E-state index is 12.2. The van der Waals surface area contributed by atoms with Gasteiger partial charge in [0.25, 0.3) is 0 Å². The molecule has 0 aliphatic rings. The molecule has 6 nitrogen and oxygen atoms in total. The Labute approximate surface area is 138 Å². The van der Waals surface area contributed by atoms with Gasteiger partial charge in [-0.3, -0.25) is 9.59 Å². The number of hydrogen-bond donors (Lipinski definition) is 2. The SMILES string of the molecule is COc1ccc(CC(=O)NC(C(N)=O)c2cccs2)cc1OC. The molecule has 0 bridgehead atoms. The van der Waals surface area contributed by atoms with Gasteiger partial charge in [-0.05, 0) is 29.1 Å². The zero-order valence-electron chi connectivity index (χ0n) is 12.9. The normalized spacial score (nSPS) is 11.6. The zero-order chi connectivity index (χ0) is 16.8. The number of ether oxygens (including phenoxy) is 2. The van der Waals surface area contributed by atoms with Gasteiger partial charge in [0.15, 0.2) is 11.5 Å². The molecule has 122 valence electrons. The Bertz CT molecular complexity index is 685. The van der Waals surface area contributed by atoms with Gasteiger partial charge in [0.1, 0.15) is 6.04 Å². The summed E-state index contributed by atoms with van der Waals surface area (Å²) >= 11 is 1.37. The molecule has 7 heteroatoms. The lowest BCUT2D eigenvalue weighted by molar-refractivity contribution is -0.127. The number of primary amides is 1. The lowest BCUT2D eigenvalue weighted by Crippen LogP contribution is -2.37. The van der Waals surface area contributed by atoms with Crippen LogP contribution >= 0.6 is 11.3 Å². The van der Waals surface area contributed by atoms with Gasteiger partial charge in [0, 0.05) is 4.88 Å². The van der Waals surface area contributed by atoms with Crippen LogP contribution in [0.2, 0.25) is 0 Å². The van der Waals surface area contributed by atoms with Crippen LogP contribution in [0.1, 0.15) is 16.5 Å². The third-order valence-corrected chi connectivity index (χ3v) is 4.17. The molecule has 1 atom stereocenters. The summed E-state index contributed by atoms with van der Waals surface area (Å²) in [5, 5.41) is 4.48. The fourth-order valence-electron chi connectivity index (χ4n) is 2.13. The third kappa shape index (κ3) is 4.23. The quantitative estimate of drug-likeness (QED) is 0.805. The van der Waals surface area contributed by atoms with Crippen LogP contribution in [0.15, 0.2) is 35.7 Å². The van der Waals surface area contributed by atoms with E-state index in [0.717, 1.165) is 5.56 Å². The monoisotopic (exact) mass is 334 g/mol. The van der Waals surface area contributed by atoms with Crippen molar-refractivity contribution in [3.8, 4) is 11.5 Å². The van der Waals surface area contributed by atoms with Crippen molar-refractivity contribution in [3.05, 3.63) is 46.2 Å². The highest BCUT2D eigenvalue weighted by molar-refractivity contribution is 7.10. The van der Waals surface area contributed by atoms with E-state index in [-0.39, 0.29) is 12.3 Å². The molecule has 1 aromatic heterocycles. The predicted octanol–water partition coefficient (Wildman–Crippen LogP) is 1.65. The summed E-state index contributed by atoms with van der Waals surface area (Å²) < 4.78 is 10.4. The molecular formula is C16H18N2O4S. The standard InChI is InChI=1S/C16H18N2O4S/c1-21-11-6-5-10(8-12(11)22-2)9-14(19)18-15(16(17)20)13-4-3-7-23-13/h3-8,15H,9H2,1-2H3,(H2,17,20)(H,18,19). The molecule has 0 saturated heterocycles. The first-order chi connectivity index (χ1) is 11.0. The van der Waals surface area contributed by atoms with Crippen LogP contribution in [0.4, 0.5) is 0 Å². The average molecular weight is 334 g/mol. The number of carbonyl (C=O) groups is 2. The molecule has 2 amide bonds. The van der Waals surface area contributed by atoms with E-state index in [4.69, 9.17) is 15.2 Å². The van der Waals surface area contributed by atoms with Gasteiger partial charge >= 0.3 is 0 Å². The number of nitrogens with one attached hydrogen (secondary N) is 1. The van der Waals surface area contributed by atoms with Crippen LogP contribution in [0.3, 0.4) is 0 Å². The number of carbonyl (C=O) groups excluding carboxylic acids is 2. The van der Waals surface area contributed by atoms with Crippen molar-refractivity contribution >= 4 is 23.2 Å².